The van der Waals surface area contributed by atoms with Crippen molar-refractivity contribution >= 4 is 29.9 Å². The van der Waals surface area contributed by atoms with Crippen molar-refractivity contribution in [1.29, 1.82) is 0 Å². The van der Waals surface area contributed by atoms with Gasteiger partial charge in [-0.25, -0.2) is 0 Å². The van der Waals surface area contributed by atoms with Crippen molar-refractivity contribution < 1.29 is 4.79 Å². The van der Waals surface area contributed by atoms with Crippen molar-refractivity contribution in [2.75, 3.05) is 11.1 Å². The molecule has 0 spiro atoms. The smallest absolute Gasteiger partial charge is 0.224 e. The number of nitrogens with one attached hydrogen (secondary N) is 1. The molecule has 0 saturated carbocycles. The molecule has 4 heteroatoms. The number of nitrogen functional groups attached to an aromatic ring is 1. The predicted octanol–water partition coefficient (Wildman–Crippen LogP) is 3.73. The van der Waals surface area contributed by atoms with Gasteiger partial charge in [-0.2, -0.15) is 12.6 Å². The lowest BCUT2D eigenvalue weighted by Gasteiger charge is -2.03. The zero-order valence-electron chi connectivity index (χ0n) is 11.5. The number of benzene rings is 2. The van der Waals surface area contributed by atoms with Crippen LogP contribution in [0.1, 0.15) is 18.9 Å². The van der Waals surface area contributed by atoms with Crippen LogP contribution in [0.15, 0.2) is 54.6 Å². The Hall–Kier alpha value is -1.94. The Kier molecular flexibility index (Phi) is 7.29. The van der Waals surface area contributed by atoms with Crippen LogP contribution in [0.4, 0.5) is 11.4 Å². The number of thiol groups is 1. The molecule has 2 rings (SSSR count). The number of hydrogen-bond donors (Lipinski definition) is 3. The van der Waals surface area contributed by atoms with E-state index in [1.807, 2.05) is 31.2 Å². The zero-order chi connectivity index (χ0) is 14.8. The molecule has 0 bridgehead atoms. The molecule has 20 heavy (non-hydrogen) atoms. The van der Waals surface area contributed by atoms with Crippen molar-refractivity contribution in [2.24, 2.45) is 0 Å². The van der Waals surface area contributed by atoms with E-state index in [4.69, 9.17) is 5.73 Å². The lowest BCUT2D eigenvalue weighted by Crippen LogP contribution is -2.09. The van der Waals surface area contributed by atoms with Crippen molar-refractivity contribution in [3.63, 3.8) is 0 Å². The fraction of sp³-hybridized carbons (Fsp3) is 0.188. The van der Waals surface area contributed by atoms with Crippen LogP contribution in [0.5, 0.6) is 0 Å². The Morgan fingerprint density at radius 2 is 1.85 bits per heavy atom. The van der Waals surface area contributed by atoms with Crippen LogP contribution in [-0.2, 0) is 10.5 Å². The van der Waals surface area contributed by atoms with E-state index in [9.17, 15) is 4.79 Å². The monoisotopic (exact) mass is 288 g/mol. The highest BCUT2D eigenvalue weighted by molar-refractivity contribution is 7.79. The fourth-order valence-corrected chi connectivity index (χ4v) is 1.66. The minimum Gasteiger partial charge on any atom is -0.399 e. The van der Waals surface area contributed by atoms with Gasteiger partial charge in [-0.05, 0) is 23.8 Å². The van der Waals surface area contributed by atoms with E-state index in [0.29, 0.717) is 12.1 Å². The first-order valence-corrected chi connectivity index (χ1v) is 7.09. The minimum atomic E-state index is 0.000556. The van der Waals surface area contributed by atoms with Gasteiger partial charge in [-0.1, -0.05) is 43.3 Å². The lowest BCUT2D eigenvalue weighted by atomic mass is 10.2. The number of carbonyl (C=O) groups excluding carboxylic acids is 1. The van der Waals surface area contributed by atoms with Gasteiger partial charge >= 0.3 is 0 Å². The second kappa shape index (κ2) is 9.04. The molecule has 0 unspecified atom stereocenters. The van der Waals surface area contributed by atoms with Crippen LogP contribution < -0.4 is 11.1 Å². The van der Waals surface area contributed by atoms with Gasteiger partial charge in [0.25, 0.3) is 0 Å². The third-order valence-corrected chi connectivity index (χ3v) is 2.88. The summed E-state index contributed by atoms with van der Waals surface area (Å²) < 4.78 is 0. The minimum absolute atomic E-state index is 0.000556. The SMILES string of the molecule is CCC(=O)Nc1cccc(N)c1.SCc1ccccc1. The maximum Gasteiger partial charge on any atom is 0.224 e. The van der Waals surface area contributed by atoms with Gasteiger partial charge in [0.15, 0.2) is 0 Å². The van der Waals surface area contributed by atoms with Gasteiger partial charge in [0.2, 0.25) is 5.91 Å². The summed E-state index contributed by atoms with van der Waals surface area (Å²) >= 11 is 4.11. The number of rotatable bonds is 3. The van der Waals surface area contributed by atoms with Crippen molar-refractivity contribution in [3.8, 4) is 0 Å². The first-order valence-electron chi connectivity index (χ1n) is 6.46. The summed E-state index contributed by atoms with van der Waals surface area (Å²) in [6.45, 7) is 1.81. The summed E-state index contributed by atoms with van der Waals surface area (Å²) in [7, 11) is 0. The largest absolute Gasteiger partial charge is 0.399 e. The standard InChI is InChI=1S/C9H12N2O.C7H8S/c1-2-9(12)11-8-5-3-4-7(10)6-8;8-6-7-4-2-1-3-5-7/h3-6H,2,10H2,1H3,(H,11,12);1-5,8H,6H2. The molecule has 2 aromatic rings. The highest BCUT2D eigenvalue weighted by atomic mass is 32.1. The molecule has 0 radical (unpaired) electrons. The van der Waals surface area contributed by atoms with Crippen LogP contribution in [-0.4, -0.2) is 5.91 Å². The molecule has 3 N–H and O–H groups in total. The van der Waals surface area contributed by atoms with Crippen LogP contribution in [0.2, 0.25) is 0 Å². The van der Waals surface area contributed by atoms with Crippen LogP contribution >= 0.6 is 12.6 Å². The molecule has 0 heterocycles. The number of amides is 1. The molecule has 2 aromatic carbocycles. The Bertz CT molecular complexity index is 529. The lowest BCUT2D eigenvalue weighted by molar-refractivity contribution is -0.115. The summed E-state index contributed by atoms with van der Waals surface area (Å²) in [6.07, 6.45) is 0.481. The molecule has 0 aromatic heterocycles. The molecule has 0 atom stereocenters. The Balaban J connectivity index is 0.000000217. The second-order valence-electron chi connectivity index (χ2n) is 4.17. The van der Waals surface area contributed by atoms with E-state index in [1.54, 1.807) is 18.2 Å². The van der Waals surface area contributed by atoms with E-state index in [0.717, 1.165) is 11.4 Å². The quantitative estimate of drug-likeness (QED) is 0.595. The highest BCUT2D eigenvalue weighted by Gasteiger charge is 1.97. The van der Waals surface area contributed by atoms with Crippen LogP contribution in [0.3, 0.4) is 0 Å². The Labute approximate surface area is 125 Å². The Morgan fingerprint density at radius 1 is 1.15 bits per heavy atom. The van der Waals surface area contributed by atoms with E-state index in [1.165, 1.54) is 5.56 Å². The summed E-state index contributed by atoms with van der Waals surface area (Å²) in [5.41, 5.74) is 8.21. The van der Waals surface area contributed by atoms with Gasteiger partial charge in [-0.15, -0.1) is 0 Å². The Morgan fingerprint density at radius 3 is 2.35 bits per heavy atom. The average molecular weight is 288 g/mol. The van der Waals surface area contributed by atoms with Crippen LogP contribution in [0, 0.1) is 0 Å². The molecule has 3 nitrogen and oxygen atoms in total. The van der Waals surface area contributed by atoms with E-state index in [2.05, 4.69) is 30.1 Å². The maximum atomic E-state index is 10.9. The first-order chi connectivity index (χ1) is 9.65. The van der Waals surface area contributed by atoms with Crippen molar-refractivity contribution in [3.05, 3.63) is 60.2 Å². The summed E-state index contributed by atoms with van der Waals surface area (Å²) in [5.74, 6) is 0.835. The maximum absolute atomic E-state index is 10.9. The molecule has 0 fully saturated rings. The normalized spacial score (nSPS) is 9.30. The second-order valence-corrected chi connectivity index (χ2v) is 4.49. The van der Waals surface area contributed by atoms with Gasteiger partial charge in [0.1, 0.15) is 0 Å². The third kappa shape index (κ3) is 6.29. The summed E-state index contributed by atoms with van der Waals surface area (Å²) in [6, 6.07) is 17.3. The van der Waals surface area contributed by atoms with E-state index in [-0.39, 0.29) is 5.91 Å². The first kappa shape index (κ1) is 16.1. The highest BCUT2D eigenvalue weighted by Crippen LogP contribution is 2.11. The van der Waals surface area contributed by atoms with E-state index >= 15 is 0 Å². The fourth-order valence-electron chi connectivity index (χ4n) is 1.45. The topological polar surface area (TPSA) is 55.1 Å². The van der Waals surface area contributed by atoms with Gasteiger partial charge in [-0.3, -0.25) is 4.79 Å². The molecule has 0 saturated heterocycles. The molecule has 0 aliphatic carbocycles. The van der Waals surface area contributed by atoms with Gasteiger partial charge in [0, 0.05) is 23.5 Å². The average Bonchev–Trinajstić information content (AvgIpc) is 2.48. The van der Waals surface area contributed by atoms with Crippen molar-refractivity contribution in [2.45, 2.75) is 19.1 Å². The zero-order valence-corrected chi connectivity index (χ0v) is 12.4. The molecular formula is C16H20N2OS. The number of hydrogen-bond acceptors (Lipinski definition) is 3. The third-order valence-electron chi connectivity index (χ3n) is 2.52. The number of carbonyl (C=O) groups is 1. The van der Waals surface area contributed by atoms with Gasteiger partial charge in [0.05, 0.1) is 0 Å². The van der Waals surface area contributed by atoms with Crippen LogP contribution in [0.25, 0.3) is 0 Å². The van der Waals surface area contributed by atoms with Crippen molar-refractivity contribution in [1.82, 2.24) is 0 Å². The summed E-state index contributed by atoms with van der Waals surface area (Å²) in [5, 5.41) is 2.71. The predicted molar refractivity (Wildman–Crippen MR) is 88.9 cm³/mol. The number of anilines is 2. The molecular weight excluding hydrogens is 268 g/mol. The number of nitrogens with two attached hydrogens (primary N) is 1. The van der Waals surface area contributed by atoms with E-state index < -0.39 is 0 Å². The molecule has 0 aliphatic rings. The molecule has 1 amide bonds. The molecule has 0 aliphatic heterocycles. The van der Waals surface area contributed by atoms with Gasteiger partial charge < -0.3 is 11.1 Å². The molecule has 106 valence electrons. The summed E-state index contributed by atoms with van der Waals surface area (Å²) in [4.78, 5) is 10.9.